The fourth-order valence-corrected chi connectivity index (χ4v) is 4.16. The van der Waals surface area contributed by atoms with Crippen LogP contribution in [0.5, 0.6) is 0 Å². The predicted octanol–water partition coefficient (Wildman–Crippen LogP) is 6.07. The summed E-state index contributed by atoms with van der Waals surface area (Å²) in [6.45, 7) is 4.67. The SMILES string of the molecule is CCCCN1C(=O)/C(=C\c2ccc(Br)c([N+](=O)[O-])c2)SC1=Nc1ccc(C)cc1. The number of amidine groups is 1. The molecule has 0 aliphatic carbocycles. The number of hydrogen-bond acceptors (Lipinski definition) is 5. The lowest BCUT2D eigenvalue weighted by Gasteiger charge is -2.14. The van der Waals surface area contributed by atoms with E-state index in [2.05, 4.69) is 27.8 Å². The van der Waals surface area contributed by atoms with Crippen LogP contribution in [0.2, 0.25) is 0 Å². The number of nitro groups is 1. The van der Waals surface area contributed by atoms with Crippen molar-refractivity contribution >= 4 is 56.2 Å². The first-order valence-corrected chi connectivity index (χ1v) is 10.8. The van der Waals surface area contributed by atoms with Gasteiger partial charge in [0.1, 0.15) is 0 Å². The van der Waals surface area contributed by atoms with E-state index < -0.39 is 4.92 Å². The first-order valence-electron chi connectivity index (χ1n) is 9.19. The number of unbranched alkanes of at least 4 members (excludes halogenated alkanes) is 1. The molecule has 0 spiro atoms. The van der Waals surface area contributed by atoms with Crippen molar-refractivity contribution in [1.29, 1.82) is 0 Å². The summed E-state index contributed by atoms with van der Waals surface area (Å²) in [6.07, 6.45) is 3.52. The molecule has 0 atom stereocenters. The van der Waals surface area contributed by atoms with Crippen LogP contribution < -0.4 is 0 Å². The van der Waals surface area contributed by atoms with E-state index in [1.807, 2.05) is 31.2 Å². The van der Waals surface area contributed by atoms with Crippen LogP contribution in [0.4, 0.5) is 11.4 Å². The van der Waals surface area contributed by atoms with Gasteiger partial charge in [-0.15, -0.1) is 0 Å². The molecular weight excluding hydrogens is 454 g/mol. The molecule has 1 amide bonds. The van der Waals surface area contributed by atoms with E-state index in [4.69, 9.17) is 0 Å². The summed E-state index contributed by atoms with van der Waals surface area (Å²) in [6, 6.07) is 12.6. The molecule has 8 heteroatoms. The standard InChI is InChI=1S/C21H20BrN3O3S/c1-3-4-11-24-20(26)19(13-15-7-10-17(22)18(12-15)25(27)28)29-21(24)23-16-8-5-14(2)6-9-16/h5-10,12-13H,3-4,11H2,1-2H3/b19-13+,23-21?. The molecule has 2 aromatic rings. The lowest BCUT2D eigenvalue weighted by Crippen LogP contribution is -2.30. The van der Waals surface area contributed by atoms with Gasteiger partial charge in [-0.25, -0.2) is 4.99 Å². The molecule has 29 heavy (non-hydrogen) atoms. The number of benzene rings is 2. The van der Waals surface area contributed by atoms with Gasteiger partial charge in [0.15, 0.2) is 5.17 Å². The topological polar surface area (TPSA) is 75.8 Å². The molecule has 0 saturated carbocycles. The Morgan fingerprint density at radius 2 is 1.97 bits per heavy atom. The van der Waals surface area contributed by atoms with Crippen molar-refractivity contribution in [1.82, 2.24) is 4.90 Å². The second kappa shape index (κ2) is 9.37. The highest BCUT2D eigenvalue weighted by Crippen LogP contribution is 2.35. The summed E-state index contributed by atoms with van der Waals surface area (Å²) < 4.78 is 0.404. The zero-order chi connectivity index (χ0) is 21.0. The molecule has 0 bridgehead atoms. The number of rotatable bonds is 6. The van der Waals surface area contributed by atoms with Crippen molar-refractivity contribution in [2.45, 2.75) is 26.7 Å². The van der Waals surface area contributed by atoms with Gasteiger partial charge in [0, 0.05) is 12.6 Å². The van der Waals surface area contributed by atoms with Crippen LogP contribution in [0.1, 0.15) is 30.9 Å². The van der Waals surface area contributed by atoms with Gasteiger partial charge in [-0.2, -0.15) is 0 Å². The summed E-state index contributed by atoms with van der Waals surface area (Å²) in [5, 5.41) is 11.8. The third-order valence-corrected chi connectivity index (χ3v) is 6.02. The molecule has 150 valence electrons. The molecule has 1 heterocycles. The smallest absolute Gasteiger partial charge is 0.284 e. The number of carbonyl (C=O) groups excluding carboxylic acids is 1. The molecule has 6 nitrogen and oxygen atoms in total. The molecule has 1 aliphatic heterocycles. The van der Waals surface area contributed by atoms with Crippen molar-refractivity contribution in [2.24, 2.45) is 4.99 Å². The zero-order valence-electron chi connectivity index (χ0n) is 16.1. The van der Waals surface area contributed by atoms with E-state index >= 15 is 0 Å². The number of carbonyl (C=O) groups is 1. The van der Waals surface area contributed by atoms with Crippen LogP contribution in [-0.2, 0) is 4.79 Å². The Hall–Kier alpha value is -2.45. The van der Waals surface area contributed by atoms with Crippen molar-refractivity contribution in [3.05, 3.63) is 73.1 Å². The van der Waals surface area contributed by atoms with Crippen molar-refractivity contribution in [3.63, 3.8) is 0 Å². The Bertz CT molecular complexity index is 1000. The molecule has 2 aromatic carbocycles. The number of nitrogens with zero attached hydrogens (tertiary/aromatic N) is 3. The Morgan fingerprint density at radius 1 is 1.24 bits per heavy atom. The van der Waals surface area contributed by atoms with Gasteiger partial charge >= 0.3 is 0 Å². The lowest BCUT2D eigenvalue weighted by atomic mass is 10.2. The normalized spacial score (nSPS) is 16.8. The Labute approximate surface area is 182 Å². The minimum absolute atomic E-state index is 0.0359. The quantitative estimate of drug-likeness (QED) is 0.289. The molecule has 1 saturated heterocycles. The average molecular weight is 474 g/mol. The number of nitro benzene ring substituents is 1. The van der Waals surface area contributed by atoms with Gasteiger partial charge in [-0.1, -0.05) is 37.1 Å². The van der Waals surface area contributed by atoms with Gasteiger partial charge in [0.2, 0.25) is 0 Å². The molecule has 1 aliphatic rings. The third kappa shape index (κ3) is 5.13. The molecule has 0 unspecified atom stereocenters. The van der Waals surface area contributed by atoms with Crippen molar-refractivity contribution in [3.8, 4) is 0 Å². The Morgan fingerprint density at radius 3 is 2.62 bits per heavy atom. The van der Waals surface area contributed by atoms with Crippen LogP contribution in [0.3, 0.4) is 0 Å². The first kappa shape index (κ1) is 21.3. The van der Waals surface area contributed by atoms with E-state index in [0.29, 0.717) is 26.7 Å². The molecule has 0 aromatic heterocycles. The Balaban J connectivity index is 1.95. The minimum Gasteiger partial charge on any atom is -0.286 e. The highest BCUT2D eigenvalue weighted by molar-refractivity contribution is 9.10. The van der Waals surface area contributed by atoms with Crippen LogP contribution in [0.15, 0.2) is 56.8 Å². The van der Waals surface area contributed by atoms with Crippen LogP contribution >= 0.6 is 27.7 Å². The van der Waals surface area contributed by atoms with Gasteiger partial charge in [-0.3, -0.25) is 19.8 Å². The van der Waals surface area contributed by atoms with Gasteiger partial charge < -0.3 is 0 Å². The number of amides is 1. The minimum atomic E-state index is -0.451. The molecule has 1 fully saturated rings. The fourth-order valence-electron chi connectivity index (χ4n) is 2.75. The third-order valence-electron chi connectivity index (χ3n) is 4.35. The highest BCUT2D eigenvalue weighted by atomic mass is 79.9. The van der Waals surface area contributed by atoms with Gasteiger partial charge in [0.25, 0.3) is 11.6 Å². The summed E-state index contributed by atoms with van der Waals surface area (Å²) in [4.78, 5) is 30.6. The van der Waals surface area contributed by atoms with E-state index in [1.165, 1.54) is 17.8 Å². The monoisotopic (exact) mass is 473 g/mol. The maximum absolute atomic E-state index is 13.0. The lowest BCUT2D eigenvalue weighted by molar-refractivity contribution is -0.385. The maximum atomic E-state index is 13.0. The number of thioether (sulfide) groups is 1. The van der Waals surface area contributed by atoms with Gasteiger partial charge in [0.05, 0.1) is 20.0 Å². The predicted molar refractivity (Wildman–Crippen MR) is 121 cm³/mol. The van der Waals surface area contributed by atoms with Crippen LogP contribution in [0, 0.1) is 17.0 Å². The Kier molecular flexibility index (Phi) is 6.87. The summed E-state index contributed by atoms with van der Waals surface area (Å²) in [5.41, 5.74) is 2.49. The second-order valence-electron chi connectivity index (χ2n) is 6.62. The highest BCUT2D eigenvalue weighted by Gasteiger charge is 2.33. The number of hydrogen-bond donors (Lipinski definition) is 0. The van der Waals surface area contributed by atoms with Crippen molar-refractivity contribution in [2.75, 3.05) is 6.54 Å². The number of aliphatic imine (C=N–C) groups is 1. The molecular formula is C21H20BrN3O3S. The fraction of sp³-hybridized carbons (Fsp3) is 0.238. The van der Waals surface area contributed by atoms with Crippen molar-refractivity contribution < 1.29 is 9.72 Å². The van der Waals surface area contributed by atoms with E-state index in [-0.39, 0.29) is 11.6 Å². The second-order valence-corrected chi connectivity index (χ2v) is 8.48. The summed E-state index contributed by atoms with van der Waals surface area (Å²) in [7, 11) is 0. The molecule has 3 rings (SSSR count). The zero-order valence-corrected chi connectivity index (χ0v) is 18.5. The molecule has 0 N–H and O–H groups in total. The van der Waals surface area contributed by atoms with Crippen LogP contribution in [-0.4, -0.2) is 27.4 Å². The van der Waals surface area contributed by atoms with E-state index in [9.17, 15) is 14.9 Å². The number of aryl methyl sites for hydroxylation is 1. The van der Waals surface area contributed by atoms with Gasteiger partial charge in [-0.05, 0) is 70.9 Å². The van der Waals surface area contributed by atoms with Crippen LogP contribution in [0.25, 0.3) is 6.08 Å². The summed E-state index contributed by atoms with van der Waals surface area (Å²) in [5.74, 6) is -0.125. The van der Waals surface area contributed by atoms with E-state index in [1.54, 1.807) is 23.1 Å². The largest absolute Gasteiger partial charge is 0.286 e. The summed E-state index contributed by atoms with van der Waals surface area (Å²) >= 11 is 4.48. The maximum Gasteiger partial charge on any atom is 0.284 e. The molecule has 0 radical (unpaired) electrons. The number of halogens is 1. The average Bonchev–Trinajstić information content (AvgIpc) is 2.97. The first-order chi connectivity index (χ1) is 13.9. The van der Waals surface area contributed by atoms with E-state index in [0.717, 1.165) is 24.1 Å².